The van der Waals surface area contributed by atoms with Crippen molar-refractivity contribution in [2.75, 3.05) is 11.9 Å². The first-order chi connectivity index (χ1) is 13.0. The number of carbonyl (C=O) groups is 2. The normalized spacial score (nSPS) is 11.8. The van der Waals surface area contributed by atoms with Gasteiger partial charge >= 0.3 is 5.97 Å². The number of halogens is 1. The van der Waals surface area contributed by atoms with Crippen LogP contribution >= 0.6 is 11.6 Å². The number of ether oxygens (including phenoxy) is 1. The summed E-state index contributed by atoms with van der Waals surface area (Å²) >= 11 is 5.87. The number of anilines is 1. The lowest BCUT2D eigenvalue weighted by Crippen LogP contribution is -2.26. The van der Waals surface area contributed by atoms with Crippen LogP contribution in [0.5, 0.6) is 0 Å². The van der Waals surface area contributed by atoms with Gasteiger partial charge < -0.3 is 10.1 Å². The number of nitrogens with zero attached hydrogens (tertiary/aromatic N) is 4. The molecule has 0 aliphatic heterocycles. The molecule has 9 heteroatoms. The van der Waals surface area contributed by atoms with Crippen molar-refractivity contribution in [3.63, 3.8) is 0 Å². The molecule has 1 atom stereocenters. The van der Waals surface area contributed by atoms with Crippen molar-refractivity contribution in [1.82, 2.24) is 19.6 Å². The topological polar surface area (TPSA) is 91.0 Å². The van der Waals surface area contributed by atoms with Gasteiger partial charge in [-0.1, -0.05) is 29.8 Å². The van der Waals surface area contributed by atoms with Crippen LogP contribution in [0.2, 0.25) is 5.02 Å². The second-order valence-electron chi connectivity index (χ2n) is 5.68. The molecule has 1 unspecified atom stereocenters. The maximum Gasteiger partial charge on any atom is 0.343 e. The van der Waals surface area contributed by atoms with Crippen molar-refractivity contribution < 1.29 is 14.3 Å². The lowest BCUT2D eigenvalue weighted by Gasteiger charge is -2.15. The molecular formula is C18H18ClN5O3. The minimum Gasteiger partial charge on any atom is -0.462 e. The molecule has 0 radical (unpaired) electrons. The fraction of sp³-hybridized carbons (Fsp3) is 0.222. The van der Waals surface area contributed by atoms with Gasteiger partial charge in [0.1, 0.15) is 11.6 Å². The summed E-state index contributed by atoms with van der Waals surface area (Å²) < 4.78 is 7.98. The van der Waals surface area contributed by atoms with Gasteiger partial charge in [-0.15, -0.1) is 0 Å². The number of benzene rings is 1. The predicted octanol–water partition coefficient (Wildman–Crippen LogP) is 3.10. The summed E-state index contributed by atoms with van der Waals surface area (Å²) in [5.74, 6) is -0.711. The van der Waals surface area contributed by atoms with E-state index in [9.17, 15) is 9.59 Å². The zero-order valence-electron chi connectivity index (χ0n) is 14.8. The van der Waals surface area contributed by atoms with Crippen molar-refractivity contribution in [1.29, 1.82) is 0 Å². The number of esters is 1. The van der Waals surface area contributed by atoms with E-state index in [0.29, 0.717) is 10.7 Å². The maximum absolute atomic E-state index is 12.7. The number of hydrogen-bond acceptors (Lipinski definition) is 5. The first kappa shape index (κ1) is 18.7. The van der Waals surface area contributed by atoms with E-state index in [4.69, 9.17) is 16.3 Å². The molecule has 0 bridgehead atoms. The molecule has 140 valence electrons. The van der Waals surface area contributed by atoms with Gasteiger partial charge in [0.25, 0.3) is 0 Å². The van der Waals surface area contributed by atoms with Gasteiger partial charge in [0.15, 0.2) is 5.82 Å². The molecule has 0 aliphatic rings. The van der Waals surface area contributed by atoms with Gasteiger partial charge in [0, 0.05) is 6.20 Å². The second kappa shape index (κ2) is 8.05. The van der Waals surface area contributed by atoms with E-state index < -0.39 is 12.0 Å². The lowest BCUT2D eigenvalue weighted by molar-refractivity contribution is -0.119. The largest absolute Gasteiger partial charge is 0.462 e. The Labute approximate surface area is 160 Å². The van der Waals surface area contributed by atoms with Gasteiger partial charge in [-0.25, -0.2) is 9.48 Å². The Bertz CT molecular complexity index is 951. The molecule has 27 heavy (non-hydrogen) atoms. The van der Waals surface area contributed by atoms with E-state index in [1.807, 2.05) is 30.3 Å². The van der Waals surface area contributed by atoms with Crippen molar-refractivity contribution in [3.05, 3.63) is 59.5 Å². The zero-order chi connectivity index (χ0) is 19.4. The number of carbonyl (C=O) groups excluding carboxylic acids is 2. The van der Waals surface area contributed by atoms with Crippen molar-refractivity contribution in [2.24, 2.45) is 0 Å². The summed E-state index contributed by atoms with van der Waals surface area (Å²) in [7, 11) is 0. The molecule has 0 spiro atoms. The monoisotopic (exact) mass is 387 g/mol. The molecule has 0 aliphatic carbocycles. The third-order valence-electron chi connectivity index (χ3n) is 3.85. The number of amides is 1. The van der Waals surface area contributed by atoms with E-state index in [1.54, 1.807) is 20.0 Å². The average molecular weight is 388 g/mol. The molecule has 8 nitrogen and oxygen atoms in total. The summed E-state index contributed by atoms with van der Waals surface area (Å²) in [6.45, 7) is 3.60. The molecule has 0 fully saturated rings. The quantitative estimate of drug-likeness (QED) is 0.656. The average Bonchev–Trinajstić information content (AvgIpc) is 3.28. The highest BCUT2D eigenvalue weighted by atomic mass is 35.5. The first-order valence-electron chi connectivity index (χ1n) is 8.32. The molecule has 0 saturated carbocycles. The predicted molar refractivity (Wildman–Crippen MR) is 100 cm³/mol. The van der Waals surface area contributed by atoms with Crippen molar-refractivity contribution in [2.45, 2.75) is 19.9 Å². The molecule has 1 N–H and O–H groups in total. The Morgan fingerprint density at radius 1 is 1.22 bits per heavy atom. The third kappa shape index (κ3) is 4.01. The van der Waals surface area contributed by atoms with Gasteiger partial charge in [0.2, 0.25) is 5.91 Å². The van der Waals surface area contributed by atoms with E-state index in [1.165, 1.54) is 21.8 Å². The SMILES string of the molecule is CCOC(=O)c1cnn(-c2ccccc2)c1NC(=O)C(C)n1cc(Cl)cn1. The summed E-state index contributed by atoms with van der Waals surface area (Å²) in [5, 5.41) is 11.5. The summed E-state index contributed by atoms with van der Waals surface area (Å²) in [5.41, 5.74) is 0.859. The zero-order valence-corrected chi connectivity index (χ0v) is 15.6. The number of hydrogen-bond donors (Lipinski definition) is 1. The van der Waals surface area contributed by atoms with Gasteiger partial charge in [-0.05, 0) is 26.0 Å². The fourth-order valence-electron chi connectivity index (χ4n) is 2.46. The van der Waals surface area contributed by atoms with Crippen molar-refractivity contribution >= 4 is 29.3 Å². The minimum atomic E-state index is -0.647. The molecule has 2 heterocycles. The highest BCUT2D eigenvalue weighted by Crippen LogP contribution is 2.23. The van der Waals surface area contributed by atoms with Gasteiger partial charge in [-0.3, -0.25) is 9.48 Å². The Balaban J connectivity index is 1.95. The van der Waals surface area contributed by atoms with E-state index >= 15 is 0 Å². The van der Waals surface area contributed by atoms with E-state index in [0.717, 1.165) is 0 Å². The first-order valence-corrected chi connectivity index (χ1v) is 8.70. The Hall–Kier alpha value is -3.13. The lowest BCUT2D eigenvalue weighted by atomic mass is 10.2. The standard InChI is InChI=1S/C18H18ClN5O3/c1-3-27-18(26)15-10-21-24(14-7-5-4-6-8-14)16(15)22-17(25)12(2)23-11-13(19)9-20-23/h4-12H,3H2,1-2H3,(H,22,25). The van der Waals surface area contributed by atoms with Crippen LogP contribution in [0.25, 0.3) is 5.69 Å². The van der Waals surface area contributed by atoms with Crippen LogP contribution in [0.1, 0.15) is 30.2 Å². The number of rotatable bonds is 6. The third-order valence-corrected chi connectivity index (χ3v) is 4.05. The molecular weight excluding hydrogens is 370 g/mol. The van der Waals surface area contributed by atoms with Gasteiger partial charge in [-0.2, -0.15) is 10.2 Å². The molecule has 3 rings (SSSR count). The molecule has 0 saturated heterocycles. The highest BCUT2D eigenvalue weighted by molar-refractivity contribution is 6.30. The maximum atomic E-state index is 12.7. The molecule has 1 amide bonds. The highest BCUT2D eigenvalue weighted by Gasteiger charge is 2.24. The molecule has 2 aromatic heterocycles. The summed E-state index contributed by atoms with van der Waals surface area (Å²) in [4.78, 5) is 25.0. The van der Waals surface area contributed by atoms with Crippen LogP contribution in [0.15, 0.2) is 48.9 Å². The van der Waals surface area contributed by atoms with E-state index in [-0.39, 0.29) is 23.9 Å². The van der Waals surface area contributed by atoms with Crippen LogP contribution in [0.3, 0.4) is 0 Å². The molecule has 1 aromatic carbocycles. The minimum absolute atomic E-state index is 0.166. The number of nitrogens with one attached hydrogen (secondary N) is 1. The van der Waals surface area contributed by atoms with Crippen LogP contribution < -0.4 is 5.32 Å². The second-order valence-corrected chi connectivity index (χ2v) is 6.11. The van der Waals surface area contributed by atoms with Gasteiger partial charge in [0.05, 0.1) is 29.7 Å². The summed E-state index contributed by atoms with van der Waals surface area (Å²) in [6.07, 6.45) is 4.37. The molecule has 3 aromatic rings. The smallest absolute Gasteiger partial charge is 0.343 e. The van der Waals surface area contributed by atoms with Crippen LogP contribution in [-0.4, -0.2) is 38.0 Å². The fourth-order valence-corrected chi connectivity index (χ4v) is 2.60. The van der Waals surface area contributed by atoms with Crippen LogP contribution in [0.4, 0.5) is 5.82 Å². The Morgan fingerprint density at radius 3 is 2.59 bits per heavy atom. The van der Waals surface area contributed by atoms with E-state index in [2.05, 4.69) is 15.5 Å². The Morgan fingerprint density at radius 2 is 1.96 bits per heavy atom. The number of para-hydroxylation sites is 1. The Kier molecular flexibility index (Phi) is 5.56. The number of aromatic nitrogens is 4. The van der Waals surface area contributed by atoms with Crippen LogP contribution in [-0.2, 0) is 9.53 Å². The van der Waals surface area contributed by atoms with Crippen LogP contribution in [0, 0.1) is 0 Å². The van der Waals surface area contributed by atoms with Crippen molar-refractivity contribution in [3.8, 4) is 5.69 Å². The summed E-state index contributed by atoms with van der Waals surface area (Å²) in [6, 6.07) is 8.51.